The predicted octanol–water partition coefficient (Wildman–Crippen LogP) is 2.96. The number of benzene rings is 1. The maximum atomic E-state index is 12.1. The highest BCUT2D eigenvalue weighted by Gasteiger charge is 2.17. The van der Waals surface area contributed by atoms with E-state index in [1.54, 1.807) is 0 Å². The summed E-state index contributed by atoms with van der Waals surface area (Å²) in [7, 11) is 0. The molecule has 0 aliphatic rings. The van der Waals surface area contributed by atoms with E-state index in [0.717, 1.165) is 12.1 Å². The molecule has 1 aromatic rings. The highest BCUT2D eigenvalue weighted by Crippen LogP contribution is 2.31. The molecule has 0 N–H and O–H groups in total. The molecule has 0 aromatic heterocycles. The topological polar surface area (TPSA) is 43.4 Å². The lowest BCUT2D eigenvalue weighted by Crippen LogP contribution is -2.07. The molecule has 0 aliphatic carbocycles. The number of hydrogen-bond acceptors (Lipinski definition) is 3. The zero-order valence-electron chi connectivity index (χ0n) is 8.17. The van der Waals surface area contributed by atoms with Crippen LogP contribution in [0.5, 0.6) is 5.75 Å². The first-order valence-corrected chi connectivity index (χ1v) is 4.58. The van der Waals surface area contributed by atoms with Gasteiger partial charge < -0.3 is 4.74 Å². The number of halogens is 3. The molecule has 0 bridgehead atoms. The molecule has 0 heterocycles. The van der Waals surface area contributed by atoms with Crippen molar-refractivity contribution in [3.63, 3.8) is 0 Å². The van der Waals surface area contributed by atoms with Gasteiger partial charge in [0.05, 0.1) is 10.6 Å². The SMILES string of the molecule is CC(=O)c1cc(C=O)cc(Cl)c1OC(F)F. The second-order valence-corrected chi connectivity index (χ2v) is 3.34. The largest absolute Gasteiger partial charge is 0.432 e. The van der Waals surface area contributed by atoms with E-state index in [4.69, 9.17) is 11.6 Å². The van der Waals surface area contributed by atoms with Gasteiger partial charge in [0, 0.05) is 5.56 Å². The maximum absolute atomic E-state index is 12.1. The highest BCUT2D eigenvalue weighted by molar-refractivity contribution is 6.33. The summed E-state index contributed by atoms with van der Waals surface area (Å²) in [4.78, 5) is 21.7. The van der Waals surface area contributed by atoms with E-state index in [0.29, 0.717) is 6.29 Å². The number of rotatable bonds is 4. The molecule has 0 amide bonds. The second-order valence-electron chi connectivity index (χ2n) is 2.93. The van der Waals surface area contributed by atoms with Gasteiger partial charge in [-0.3, -0.25) is 9.59 Å². The van der Waals surface area contributed by atoms with Crippen LogP contribution < -0.4 is 4.74 Å². The van der Waals surface area contributed by atoms with Crippen LogP contribution in [0.2, 0.25) is 5.02 Å². The fourth-order valence-corrected chi connectivity index (χ4v) is 1.43. The molecule has 86 valence electrons. The molecule has 0 atom stereocenters. The zero-order chi connectivity index (χ0) is 12.3. The van der Waals surface area contributed by atoms with Crippen molar-refractivity contribution < 1.29 is 23.1 Å². The van der Waals surface area contributed by atoms with Gasteiger partial charge in [0.15, 0.2) is 11.5 Å². The van der Waals surface area contributed by atoms with Crippen molar-refractivity contribution in [3.05, 3.63) is 28.3 Å². The summed E-state index contributed by atoms with van der Waals surface area (Å²) in [6, 6.07) is 2.30. The molecular weight excluding hydrogens is 242 g/mol. The van der Waals surface area contributed by atoms with Gasteiger partial charge in [-0.05, 0) is 19.1 Å². The van der Waals surface area contributed by atoms with Crippen LogP contribution in [-0.2, 0) is 0 Å². The minimum Gasteiger partial charge on any atom is -0.432 e. The number of carbonyl (C=O) groups excluding carboxylic acids is 2. The van der Waals surface area contributed by atoms with E-state index in [1.165, 1.54) is 6.92 Å². The van der Waals surface area contributed by atoms with E-state index < -0.39 is 18.1 Å². The number of ketones is 1. The number of hydrogen-bond donors (Lipinski definition) is 0. The summed E-state index contributed by atoms with van der Waals surface area (Å²) in [5, 5.41) is -0.199. The van der Waals surface area contributed by atoms with Gasteiger partial charge in [0.25, 0.3) is 0 Å². The third kappa shape index (κ3) is 2.76. The molecule has 16 heavy (non-hydrogen) atoms. The lowest BCUT2D eigenvalue weighted by Gasteiger charge is -2.11. The van der Waals surface area contributed by atoms with Crippen molar-refractivity contribution in [2.24, 2.45) is 0 Å². The van der Waals surface area contributed by atoms with Crippen molar-refractivity contribution in [2.75, 3.05) is 0 Å². The first-order chi connectivity index (χ1) is 7.45. The lowest BCUT2D eigenvalue weighted by atomic mass is 10.1. The van der Waals surface area contributed by atoms with Gasteiger partial charge in [-0.15, -0.1) is 0 Å². The van der Waals surface area contributed by atoms with Crippen molar-refractivity contribution in [2.45, 2.75) is 13.5 Å². The van der Waals surface area contributed by atoms with Gasteiger partial charge in [-0.25, -0.2) is 0 Å². The van der Waals surface area contributed by atoms with E-state index >= 15 is 0 Å². The summed E-state index contributed by atoms with van der Waals surface area (Å²) in [5.74, 6) is -0.920. The third-order valence-electron chi connectivity index (χ3n) is 1.79. The first kappa shape index (κ1) is 12.6. The summed E-state index contributed by atoms with van der Waals surface area (Å²) >= 11 is 5.63. The minimum absolute atomic E-state index is 0.122. The number of ether oxygens (including phenoxy) is 1. The van der Waals surface area contributed by atoms with E-state index in [1.807, 2.05) is 0 Å². The second kappa shape index (κ2) is 5.03. The molecule has 0 saturated heterocycles. The summed E-state index contributed by atoms with van der Waals surface area (Å²) < 4.78 is 28.3. The van der Waals surface area contributed by atoms with Crippen molar-refractivity contribution in [1.29, 1.82) is 0 Å². The van der Waals surface area contributed by atoms with Gasteiger partial charge in [0.1, 0.15) is 6.29 Å². The summed E-state index contributed by atoms with van der Waals surface area (Å²) in [5.41, 5.74) is -0.0216. The molecule has 6 heteroatoms. The lowest BCUT2D eigenvalue weighted by molar-refractivity contribution is -0.0500. The van der Waals surface area contributed by atoms with Crippen LogP contribution in [0.25, 0.3) is 0 Å². The Kier molecular flexibility index (Phi) is 3.95. The Labute approximate surface area is 95.0 Å². The molecule has 0 saturated carbocycles. The molecule has 0 spiro atoms. The van der Waals surface area contributed by atoms with Gasteiger partial charge in [-0.1, -0.05) is 11.6 Å². The minimum atomic E-state index is -3.09. The Morgan fingerprint density at radius 1 is 1.50 bits per heavy atom. The Bertz CT molecular complexity index is 432. The molecule has 1 aromatic carbocycles. The molecule has 0 radical (unpaired) electrons. The molecular formula is C10H7ClF2O3. The third-order valence-corrected chi connectivity index (χ3v) is 2.07. The van der Waals surface area contributed by atoms with Gasteiger partial charge in [0.2, 0.25) is 0 Å². The first-order valence-electron chi connectivity index (χ1n) is 4.20. The normalized spacial score (nSPS) is 10.3. The van der Waals surface area contributed by atoms with Crippen LogP contribution in [0.3, 0.4) is 0 Å². The Hall–Kier alpha value is -1.49. The average Bonchev–Trinajstić information content (AvgIpc) is 2.19. The van der Waals surface area contributed by atoms with Crippen LogP contribution in [0, 0.1) is 0 Å². The van der Waals surface area contributed by atoms with Gasteiger partial charge >= 0.3 is 6.61 Å². The monoisotopic (exact) mass is 248 g/mol. The summed E-state index contributed by atoms with van der Waals surface area (Å²) in [6.45, 7) is -1.92. The molecule has 3 nitrogen and oxygen atoms in total. The number of aldehydes is 1. The smallest absolute Gasteiger partial charge is 0.387 e. The predicted molar refractivity (Wildman–Crippen MR) is 53.5 cm³/mol. The molecule has 0 fully saturated rings. The van der Waals surface area contributed by atoms with Crippen molar-refractivity contribution >= 4 is 23.7 Å². The molecule has 0 aliphatic heterocycles. The standard InChI is InChI=1S/C10H7ClF2O3/c1-5(15)7-2-6(4-14)3-8(11)9(7)16-10(12)13/h2-4,10H,1H3. The molecule has 1 rings (SSSR count). The fourth-order valence-electron chi connectivity index (χ4n) is 1.15. The van der Waals surface area contributed by atoms with Crippen molar-refractivity contribution in [3.8, 4) is 5.75 Å². The van der Waals surface area contributed by atoms with Crippen LogP contribution in [0.4, 0.5) is 8.78 Å². The maximum Gasteiger partial charge on any atom is 0.387 e. The Morgan fingerprint density at radius 3 is 2.56 bits per heavy atom. The Morgan fingerprint density at radius 2 is 2.12 bits per heavy atom. The highest BCUT2D eigenvalue weighted by atomic mass is 35.5. The molecule has 0 unspecified atom stereocenters. The number of carbonyl (C=O) groups is 2. The van der Waals surface area contributed by atoms with Crippen LogP contribution in [-0.4, -0.2) is 18.7 Å². The van der Waals surface area contributed by atoms with Gasteiger partial charge in [-0.2, -0.15) is 8.78 Å². The van der Waals surface area contributed by atoms with Crippen molar-refractivity contribution in [1.82, 2.24) is 0 Å². The summed E-state index contributed by atoms with van der Waals surface area (Å²) in [6.07, 6.45) is 0.463. The number of alkyl halides is 2. The average molecular weight is 249 g/mol. The number of Topliss-reactive ketones (excluding diaryl/α,β-unsaturated/α-hetero) is 1. The Balaban J connectivity index is 3.33. The van der Waals surface area contributed by atoms with Crippen LogP contribution in [0.15, 0.2) is 12.1 Å². The van der Waals surface area contributed by atoms with E-state index in [9.17, 15) is 18.4 Å². The van der Waals surface area contributed by atoms with E-state index in [2.05, 4.69) is 4.74 Å². The quantitative estimate of drug-likeness (QED) is 0.608. The van der Waals surface area contributed by atoms with E-state index in [-0.39, 0.29) is 16.1 Å². The van der Waals surface area contributed by atoms with Crippen LogP contribution in [0.1, 0.15) is 27.6 Å². The zero-order valence-corrected chi connectivity index (χ0v) is 8.92. The van der Waals surface area contributed by atoms with Crippen LogP contribution >= 0.6 is 11.6 Å². The fraction of sp³-hybridized carbons (Fsp3) is 0.200.